The molecule has 7 nitrogen and oxygen atoms in total. The Morgan fingerprint density at radius 2 is 2.15 bits per heavy atom. The van der Waals surface area contributed by atoms with Gasteiger partial charge in [0.1, 0.15) is 5.69 Å². The number of aryl methyl sites for hydroxylation is 1. The molecule has 1 aromatic heterocycles. The second-order valence-electron chi connectivity index (χ2n) is 7.42. The fraction of sp³-hybridized carbons (Fsp3) is 0.450. The molecule has 27 heavy (non-hydrogen) atoms. The SMILES string of the molecule is CCc1ccc(-c2cc(C(=O)N3CC[C@@]45OCCN4C(=O)C[C@@H]35)[nH]n2)cc1. The van der Waals surface area contributed by atoms with Gasteiger partial charge in [0.15, 0.2) is 5.72 Å². The van der Waals surface area contributed by atoms with E-state index in [1.165, 1.54) is 5.56 Å². The second-order valence-corrected chi connectivity index (χ2v) is 7.42. The lowest BCUT2D eigenvalue weighted by atomic mass is 10.1. The average Bonchev–Trinajstić information content (AvgIpc) is 3.44. The number of hydrogen-bond acceptors (Lipinski definition) is 4. The third kappa shape index (κ3) is 2.34. The Labute approximate surface area is 157 Å². The van der Waals surface area contributed by atoms with Crippen LogP contribution in [0.25, 0.3) is 11.3 Å². The highest BCUT2D eigenvalue weighted by atomic mass is 16.5. The number of rotatable bonds is 3. The van der Waals surface area contributed by atoms with Crippen molar-refractivity contribution >= 4 is 11.8 Å². The minimum Gasteiger partial charge on any atom is -0.351 e. The van der Waals surface area contributed by atoms with E-state index in [2.05, 4.69) is 29.3 Å². The maximum absolute atomic E-state index is 13.1. The third-order valence-corrected chi connectivity index (χ3v) is 6.13. The summed E-state index contributed by atoms with van der Waals surface area (Å²) in [7, 11) is 0. The number of nitrogens with one attached hydrogen (secondary N) is 1. The van der Waals surface area contributed by atoms with Crippen LogP contribution in [0.2, 0.25) is 0 Å². The van der Waals surface area contributed by atoms with Gasteiger partial charge in [0.2, 0.25) is 5.91 Å². The molecule has 3 fully saturated rings. The number of aromatic nitrogens is 2. The summed E-state index contributed by atoms with van der Waals surface area (Å²) in [4.78, 5) is 29.0. The topological polar surface area (TPSA) is 78.5 Å². The predicted octanol–water partition coefficient (Wildman–Crippen LogP) is 1.81. The van der Waals surface area contributed by atoms with Gasteiger partial charge in [-0.25, -0.2) is 0 Å². The molecule has 0 bridgehead atoms. The lowest BCUT2D eigenvalue weighted by molar-refractivity contribution is -0.136. The van der Waals surface area contributed by atoms with Crippen LogP contribution >= 0.6 is 0 Å². The summed E-state index contributed by atoms with van der Waals surface area (Å²) in [5, 5.41) is 7.20. The molecule has 3 aliphatic heterocycles. The van der Waals surface area contributed by atoms with Crippen molar-refractivity contribution in [1.29, 1.82) is 0 Å². The lowest BCUT2D eigenvalue weighted by Crippen LogP contribution is -2.48. The maximum Gasteiger partial charge on any atom is 0.272 e. The molecule has 140 valence electrons. The zero-order valence-corrected chi connectivity index (χ0v) is 15.3. The minimum absolute atomic E-state index is 0.0799. The summed E-state index contributed by atoms with van der Waals surface area (Å²) in [6.07, 6.45) is 2.00. The van der Waals surface area contributed by atoms with Crippen LogP contribution in [0.1, 0.15) is 35.8 Å². The van der Waals surface area contributed by atoms with Gasteiger partial charge < -0.3 is 14.5 Å². The van der Waals surface area contributed by atoms with Crippen LogP contribution in [0.5, 0.6) is 0 Å². The molecule has 1 aromatic carbocycles. The molecule has 0 aliphatic carbocycles. The van der Waals surface area contributed by atoms with E-state index in [0.29, 0.717) is 38.2 Å². The van der Waals surface area contributed by atoms with Crippen molar-refractivity contribution in [2.45, 2.75) is 38.0 Å². The minimum atomic E-state index is -0.606. The molecule has 2 aromatic rings. The predicted molar refractivity (Wildman–Crippen MR) is 97.9 cm³/mol. The number of hydrogen-bond donors (Lipinski definition) is 1. The van der Waals surface area contributed by atoms with Crippen molar-refractivity contribution in [1.82, 2.24) is 20.0 Å². The molecule has 0 radical (unpaired) electrons. The van der Waals surface area contributed by atoms with Gasteiger partial charge in [0.05, 0.1) is 24.8 Å². The summed E-state index contributed by atoms with van der Waals surface area (Å²) >= 11 is 0. The van der Waals surface area contributed by atoms with Crippen molar-refractivity contribution in [3.63, 3.8) is 0 Å². The summed E-state index contributed by atoms with van der Waals surface area (Å²) in [6.45, 7) is 3.88. The molecule has 2 amide bonds. The molecule has 1 spiro atoms. The summed E-state index contributed by atoms with van der Waals surface area (Å²) in [5.41, 5.74) is 2.83. The number of carbonyl (C=O) groups is 2. The first-order valence-electron chi connectivity index (χ1n) is 9.52. The van der Waals surface area contributed by atoms with Gasteiger partial charge in [-0.15, -0.1) is 0 Å². The van der Waals surface area contributed by atoms with E-state index in [-0.39, 0.29) is 17.9 Å². The molecular formula is C20H22N4O3. The molecular weight excluding hydrogens is 344 g/mol. The Balaban J connectivity index is 1.39. The average molecular weight is 366 g/mol. The Kier molecular flexibility index (Phi) is 3.62. The third-order valence-electron chi connectivity index (χ3n) is 6.13. The first-order valence-corrected chi connectivity index (χ1v) is 9.52. The largest absolute Gasteiger partial charge is 0.351 e. The van der Waals surface area contributed by atoms with Crippen molar-refractivity contribution < 1.29 is 14.3 Å². The number of H-pyrrole nitrogens is 1. The van der Waals surface area contributed by atoms with Crippen LogP contribution in [-0.2, 0) is 16.0 Å². The van der Waals surface area contributed by atoms with Crippen molar-refractivity contribution in [2.75, 3.05) is 19.7 Å². The fourth-order valence-corrected chi connectivity index (χ4v) is 4.68. The summed E-state index contributed by atoms with van der Waals surface area (Å²) in [6, 6.07) is 9.77. The van der Waals surface area contributed by atoms with Crippen LogP contribution < -0.4 is 0 Å². The number of nitrogens with zero attached hydrogens (tertiary/aromatic N) is 3. The zero-order valence-electron chi connectivity index (χ0n) is 15.3. The number of ether oxygens (including phenoxy) is 1. The molecule has 0 unspecified atom stereocenters. The molecule has 3 aliphatic rings. The second kappa shape index (κ2) is 5.92. The highest BCUT2D eigenvalue weighted by Gasteiger charge is 2.63. The van der Waals surface area contributed by atoms with Crippen molar-refractivity contribution in [3.05, 3.63) is 41.6 Å². The van der Waals surface area contributed by atoms with Gasteiger partial charge in [0, 0.05) is 25.1 Å². The van der Waals surface area contributed by atoms with Gasteiger partial charge in [-0.3, -0.25) is 14.7 Å². The van der Waals surface area contributed by atoms with Crippen LogP contribution in [0.15, 0.2) is 30.3 Å². The van der Waals surface area contributed by atoms with Gasteiger partial charge in [-0.2, -0.15) is 5.10 Å². The van der Waals surface area contributed by atoms with E-state index >= 15 is 0 Å². The number of amides is 2. The number of benzene rings is 1. The quantitative estimate of drug-likeness (QED) is 0.899. The fourth-order valence-electron chi connectivity index (χ4n) is 4.68. The highest BCUT2D eigenvalue weighted by molar-refractivity contribution is 5.95. The maximum atomic E-state index is 13.1. The summed E-state index contributed by atoms with van der Waals surface area (Å²) < 4.78 is 5.96. The van der Waals surface area contributed by atoms with Crippen molar-refractivity contribution in [2.24, 2.45) is 0 Å². The standard InChI is InChI=1S/C20H22N4O3/c1-2-13-3-5-14(6-4-13)15-11-16(22-21-15)19(26)23-8-7-20-17(23)12-18(25)24(20)9-10-27-20/h3-6,11,17H,2,7-10,12H2,1H3,(H,21,22)/t17-,20+/m1/s1. The van der Waals surface area contributed by atoms with Gasteiger partial charge in [-0.1, -0.05) is 31.2 Å². The van der Waals surface area contributed by atoms with E-state index in [9.17, 15) is 9.59 Å². The van der Waals surface area contributed by atoms with E-state index in [1.807, 2.05) is 17.0 Å². The molecule has 3 saturated heterocycles. The molecule has 5 rings (SSSR count). The Hall–Kier alpha value is -2.67. The number of carbonyl (C=O) groups excluding carboxylic acids is 2. The zero-order chi connectivity index (χ0) is 18.6. The van der Waals surface area contributed by atoms with Crippen LogP contribution in [-0.4, -0.2) is 63.3 Å². The molecule has 0 saturated carbocycles. The lowest BCUT2D eigenvalue weighted by Gasteiger charge is -2.31. The van der Waals surface area contributed by atoms with E-state index in [0.717, 1.165) is 17.7 Å². The molecule has 7 heteroatoms. The van der Waals surface area contributed by atoms with Gasteiger partial charge in [-0.05, 0) is 18.1 Å². The Morgan fingerprint density at radius 1 is 1.33 bits per heavy atom. The summed E-state index contributed by atoms with van der Waals surface area (Å²) in [5.74, 6) is -0.0396. The van der Waals surface area contributed by atoms with Crippen LogP contribution in [0.4, 0.5) is 0 Å². The Morgan fingerprint density at radius 3 is 2.93 bits per heavy atom. The first-order chi connectivity index (χ1) is 13.1. The van der Waals surface area contributed by atoms with E-state index < -0.39 is 5.72 Å². The molecule has 2 atom stereocenters. The Bertz CT molecular complexity index is 906. The monoisotopic (exact) mass is 366 g/mol. The number of likely N-dealkylation sites (tertiary alicyclic amines) is 1. The van der Waals surface area contributed by atoms with Crippen LogP contribution in [0.3, 0.4) is 0 Å². The smallest absolute Gasteiger partial charge is 0.272 e. The van der Waals surface area contributed by atoms with E-state index in [4.69, 9.17) is 4.74 Å². The van der Waals surface area contributed by atoms with Gasteiger partial charge >= 0.3 is 0 Å². The normalized spacial score (nSPS) is 26.6. The van der Waals surface area contributed by atoms with E-state index in [1.54, 1.807) is 11.0 Å². The number of aromatic amines is 1. The molecule has 4 heterocycles. The highest BCUT2D eigenvalue weighted by Crippen LogP contribution is 2.45. The van der Waals surface area contributed by atoms with Crippen molar-refractivity contribution in [3.8, 4) is 11.3 Å². The van der Waals surface area contributed by atoms with Crippen LogP contribution in [0, 0.1) is 0 Å². The first kappa shape index (κ1) is 16.5. The molecule has 1 N–H and O–H groups in total. The van der Waals surface area contributed by atoms with Gasteiger partial charge in [0.25, 0.3) is 5.91 Å².